The highest BCUT2D eigenvalue weighted by atomic mass is 16.6. The fourth-order valence-electron chi connectivity index (χ4n) is 3.12. The van der Waals surface area contributed by atoms with Crippen molar-refractivity contribution in [2.45, 2.75) is 32.3 Å². The number of Topliss-reactive ketones (excluding diaryl/α,β-unsaturated/α-hetero) is 1. The summed E-state index contributed by atoms with van der Waals surface area (Å²) in [4.78, 5) is 25.3. The lowest BCUT2D eigenvalue weighted by Gasteiger charge is -2.14. The SMILES string of the molecule is CCCC(=O)Cc1ccc(OCCN2C[C@@H](COc3ccccc3)OC2=O)cc1. The average molecular weight is 397 g/mol. The highest BCUT2D eigenvalue weighted by molar-refractivity contribution is 5.80. The summed E-state index contributed by atoms with van der Waals surface area (Å²) >= 11 is 0. The van der Waals surface area contributed by atoms with Crippen LogP contribution >= 0.6 is 0 Å². The fraction of sp³-hybridized carbons (Fsp3) is 0.391. The number of cyclic esters (lactones) is 1. The van der Waals surface area contributed by atoms with Crippen LogP contribution in [0, 0.1) is 0 Å². The molecule has 0 aromatic heterocycles. The van der Waals surface area contributed by atoms with Crippen molar-refractivity contribution in [3.8, 4) is 11.5 Å². The van der Waals surface area contributed by atoms with Gasteiger partial charge in [-0.15, -0.1) is 0 Å². The number of amides is 1. The Labute approximate surface area is 171 Å². The van der Waals surface area contributed by atoms with Gasteiger partial charge in [0.05, 0.1) is 13.1 Å². The topological polar surface area (TPSA) is 65.1 Å². The van der Waals surface area contributed by atoms with E-state index in [0.29, 0.717) is 44.9 Å². The van der Waals surface area contributed by atoms with Gasteiger partial charge in [-0.3, -0.25) is 4.79 Å². The van der Waals surface area contributed by atoms with Gasteiger partial charge in [-0.25, -0.2) is 4.79 Å². The molecule has 3 rings (SSSR count). The molecule has 0 saturated carbocycles. The minimum absolute atomic E-state index is 0.250. The molecule has 29 heavy (non-hydrogen) atoms. The van der Waals surface area contributed by atoms with Crippen LogP contribution in [0.5, 0.6) is 11.5 Å². The second-order valence-corrected chi connectivity index (χ2v) is 7.03. The van der Waals surface area contributed by atoms with E-state index in [2.05, 4.69) is 0 Å². The summed E-state index contributed by atoms with van der Waals surface area (Å²) < 4.78 is 16.7. The number of nitrogens with zero attached hydrogens (tertiary/aromatic N) is 1. The molecule has 1 saturated heterocycles. The lowest BCUT2D eigenvalue weighted by atomic mass is 10.1. The molecule has 1 atom stereocenters. The largest absolute Gasteiger partial charge is 0.492 e. The van der Waals surface area contributed by atoms with Gasteiger partial charge in [-0.1, -0.05) is 37.3 Å². The molecular formula is C23H27NO5. The summed E-state index contributed by atoms with van der Waals surface area (Å²) in [6.45, 7) is 3.62. The van der Waals surface area contributed by atoms with E-state index in [1.54, 1.807) is 4.90 Å². The predicted octanol–water partition coefficient (Wildman–Crippen LogP) is 3.88. The number of benzene rings is 2. The minimum atomic E-state index is -0.347. The number of hydrogen-bond acceptors (Lipinski definition) is 5. The van der Waals surface area contributed by atoms with Gasteiger partial charge < -0.3 is 19.1 Å². The van der Waals surface area contributed by atoms with Crippen LogP contribution in [0.4, 0.5) is 4.79 Å². The predicted molar refractivity (Wildman–Crippen MR) is 109 cm³/mol. The maximum absolute atomic E-state index is 12.0. The van der Waals surface area contributed by atoms with E-state index in [1.807, 2.05) is 61.5 Å². The first-order valence-corrected chi connectivity index (χ1v) is 10.0. The molecule has 6 heteroatoms. The van der Waals surface area contributed by atoms with Gasteiger partial charge in [-0.2, -0.15) is 0 Å². The molecule has 0 bridgehead atoms. The molecule has 1 fully saturated rings. The Morgan fingerprint density at radius 2 is 1.79 bits per heavy atom. The summed E-state index contributed by atoms with van der Waals surface area (Å²) in [6.07, 6.45) is 1.31. The van der Waals surface area contributed by atoms with Crippen LogP contribution in [0.25, 0.3) is 0 Å². The zero-order chi connectivity index (χ0) is 20.5. The van der Waals surface area contributed by atoms with Crippen molar-refractivity contribution in [3.05, 3.63) is 60.2 Å². The maximum atomic E-state index is 12.0. The van der Waals surface area contributed by atoms with Gasteiger partial charge in [0.15, 0.2) is 6.10 Å². The third-order valence-corrected chi connectivity index (χ3v) is 4.61. The fourth-order valence-corrected chi connectivity index (χ4v) is 3.12. The Morgan fingerprint density at radius 3 is 2.52 bits per heavy atom. The smallest absolute Gasteiger partial charge is 0.410 e. The number of rotatable bonds is 11. The van der Waals surface area contributed by atoms with E-state index in [9.17, 15) is 9.59 Å². The van der Waals surface area contributed by atoms with Crippen molar-refractivity contribution in [2.75, 3.05) is 26.3 Å². The molecule has 0 unspecified atom stereocenters. The van der Waals surface area contributed by atoms with E-state index >= 15 is 0 Å². The van der Waals surface area contributed by atoms with E-state index in [4.69, 9.17) is 14.2 Å². The van der Waals surface area contributed by atoms with Crippen LogP contribution in [-0.2, 0) is 16.0 Å². The number of ketones is 1. The van der Waals surface area contributed by atoms with Crippen LogP contribution in [0.2, 0.25) is 0 Å². The van der Waals surface area contributed by atoms with Crippen LogP contribution in [0.3, 0.4) is 0 Å². The second kappa shape index (κ2) is 10.5. The molecule has 0 spiro atoms. The number of ether oxygens (including phenoxy) is 3. The lowest BCUT2D eigenvalue weighted by molar-refractivity contribution is -0.118. The summed E-state index contributed by atoms with van der Waals surface area (Å²) in [5.74, 6) is 1.72. The Balaban J connectivity index is 1.37. The van der Waals surface area contributed by atoms with Gasteiger partial charge in [0.25, 0.3) is 0 Å². The molecule has 0 radical (unpaired) electrons. The van der Waals surface area contributed by atoms with Gasteiger partial charge in [0.1, 0.15) is 30.5 Å². The maximum Gasteiger partial charge on any atom is 0.410 e. The summed E-state index contributed by atoms with van der Waals surface area (Å²) in [6, 6.07) is 17.0. The normalized spacial score (nSPS) is 15.8. The van der Waals surface area contributed by atoms with Crippen LogP contribution in [-0.4, -0.2) is 49.2 Å². The van der Waals surface area contributed by atoms with Crippen molar-refractivity contribution in [1.82, 2.24) is 4.90 Å². The Bertz CT molecular complexity index is 791. The second-order valence-electron chi connectivity index (χ2n) is 7.03. The van der Waals surface area contributed by atoms with Crippen LogP contribution in [0.15, 0.2) is 54.6 Å². The van der Waals surface area contributed by atoms with Crippen molar-refractivity contribution in [3.63, 3.8) is 0 Å². The monoisotopic (exact) mass is 397 g/mol. The molecule has 1 aliphatic heterocycles. The van der Waals surface area contributed by atoms with Crippen LogP contribution < -0.4 is 9.47 Å². The highest BCUT2D eigenvalue weighted by Crippen LogP contribution is 2.16. The number of carbonyl (C=O) groups excluding carboxylic acids is 2. The van der Waals surface area contributed by atoms with Gasteiger partial charge in [-0.05, 0) is 36.2 Å². The molecule has 0 N–H and O–H groups in total. The molecule has 154 valence electrons. The molecular weight excluding hydrogens is 370 g/mol. The summed E-state index contributed by atoms with van der Waals surface area (Å²) in [5, 5.41) is 0. The molecule has 6 nitrogen and oxygen atoms in total. The Hall–Kier alpha value is -3.02. The third kappa shape index (κ3) is 6.52. The summed E-state index contributed by atoms with van der Waals surface area (Å²) in [5.41, 5.74) is 0.986. The lowest BCUT2D eigenvalue weighted by Crippen LogP contribution is -2.30. The number of hydrogen-bond donors (Lipinski definition) is 0. The number of carbonyl (C=O) groups is 2. The van der Waals surface area contributed by atoms with Crippen molar-refractivity contribution >= 4 is 11.9 Å². The first-order valence-electron chi connectivity index (χ1n) is 10.0. The Morgan fingerprint density at radius 1 is 1.07 bits per heavy atom. The zero-order valence-corrected chi connectivity index (χ0v) is 16.7. The van der Waals surface area contributed by atoms with Crippen molar-refractivity contribution < 1.29 is 23.8 Å². The molecule has 1 heterocycles. The average Bonchev–Trinajstić information content (AvgIpc) is 3.08. The zero-order valence-electron chi connectivity index (χ0n) is 16.7. The molecule has 1 aliphatic rings. The first kappa shape index (κ1) is 20.7. The van der Waals surface area contributed by atoms with Crippen molar-refractivity contribution in [1.29, 1.82) is 0 Å². The standard InChI is InChI=1S/C23H27NO5/c1-2-6-19(25)15-18-9-11-21(12-10-18)27-14-13-24-16-22(29-23(24)26)17-28-20-7-4-3-5-8-20/h3-5,7-12,22H,2,6,13-17H2,1H3/t22-/m0/s1. The Kier molecular flexibility index (Phi) is 7.50. The van der Waals surface area contributed by atoms with Crippen LogP contribution in [0.1, 0.15) is 25.3 Å². The van der Waals surface area contributed by atoms with Gasteiger partial charge >= 0.3 is 6.09 Å². The molecule has 1 amide bonds. The van der Waals surface area contributed by atoms with Gasteiger partial charge in [0, 0.05) is 12.8 Å². The van der Waals surface area contributed by atoms with E-state index in [-0.39, 0.29) is 18.0 Å². The molecule has 2 aromatic rings. The minimum Gasteiger partial charge on any atom is -0.492 e. The molecule has 2 aromatic carbocycles. The van der Waals surface area contributed by atoms with Crippen molar-refractivity contribution in [2.24, 2.45) is 0 Å². The number of para-hydroxylation sites is 1. The molecule has 0 aliphatic carbocycles. The van der Waals surface area contributed by atoms with Gasteiger partial charge in [0.2, 0.25) is 0 Å². The van der Waals surface area contributed by atoms with E-state index in [0.717, 1.165) is 17.7 Å². The van der Waals surface area contributed by atoms with E-state index < -0.39 is 0 Å². The third-order valence-electron chi connectivity index (χ3n) is 4.61. The first-order chi connectivity index (χ1) is 14.1. The summed E-state index contributed by atoms with van der Waals surface area (Å²) in [7, 11) is 0. The highest BCUT2D eigenvalue weighted by Gasteiger charge is 2.31. The van der Waals surface area contributed by atoms with E-state index in [1.165, 1.54) is 0 Å². The quantitative estimate of drug-likeness (QED) is 0.576.